The molecule has 0 amide bonds. The van der Waals surface area contributed by atoms with E-state index >= 15 is 0 Å². The van der Waals surface area contributed by atoms with Gasteiger partial charge in [0, 0.05) is 19.1 Å². The zero-order valence-electron chi connectivity index (χ0n) is 11.9. The first-order chi connectivity index (χ1) is 8.49. The highest BCUT2D eigenvalue weighted by molar-refractivity contribution is 9.11. The number of nitrogens with zero attached hydrogens (tertiary/aromatic N) is 1. The molecule has 0 aromatic carbocycles. The van der Waals surface area contributed by atoms with Crippen LogP contribution in [0, 0.1) is 5.92 Å². The largest absolute Gasteiger partial charge is 0.315 e. The maximum atomic E-state index is 3.54. The molecule has 1 unspecified atom stereocenters. The van der Waals surface area contributed by atoms with E-state index in [0.717, 1.165) is 25.6 Å². The lowest BCUT2D eigenvalue weighted by Gasteiger charge is -2.24. The van der Waals surface area contributed by atoms with E-state index in [-0.39, 0.29) is 0 Å². The van der Waals surface area contributed by atoms with Gasteiger partial charge in [-0.3, -0.25) is 4.90 Å². The van der Waals surface area contributed by atoms with Crippen molar-refractivity contribution in [2.24, 2.45) is 5.92 Å². The van der Waals surface area contributed by atoms with Crippen LogP contribution < -0.4 is 5.32 Å². The first-order valence-corrected chi connectivity index (χ1v) is 8.30. The van der Waals surface area contributed by atoms with E-state index in [1.54, 1.807) is 11.3 Å². The van der Waals surface area contributed by atoms with Gasteiger partial charge in [-0.05, 0) is 65.8 Å². The van der Waals surface area contributed by atoms with Crippen LogP contribution in [0.15, 0.2) is 15.2 Å². The van der Waals surface area contributed by atoms with Crippen LogP contribution in [-0.4, -0.2) is 31.1 Å². The summed E-state index contributed by atoms with van der Waals surface area (Å²) >= 11 is 5.27. The van der Waals surface area contributed by atoms with Crippen LogP contribution >= 0.6 is 27.3 Å². The molecule has 104 valence electrons. The highest BCUT2D eigenvalue weighted by Crippen LogP contribution is 2.21. The predicted molar refractivity (Wildman–Crippen MR) is 85.3 cm³/mol. The summed E-state index contributed by atoms with van der Waals surface area (Å²) in [6, 6.07) is 2.77. The van der Waals surface area contributed by atoms with Crippen LogP contribution in [0.3, 0.4) is 0 Å². The van der Waals surface area contributed by atoms with Gasteiger partial charge < -0.3 is 5.32 Å². The van der Waals surface area contributed by atoms with Crippen LogP contribution in [0.5, 0.6) is 0 Å². The van der Waals surface area contributed by atoms with Gasteiger partial charge in [0.1, 0.15) is 0 Å². The van der Waals surface area contributed by atoms with Crippen molar-refractivity contribution in [3.8, 4) is 0 Å². The number of nitrogens with one attached hydrogen (secondary N) is 1. The summed E-state index contributed by atoms with van der Waals surface area (Å²) in [6.45, 7) is 10.0. The molecule has 1 aromatic heterocycles. The lowest BCUT2D eigenvalue weighted by Crippen LogP contribution is -2.37. The molecule has 1 heterocycles. The Hall–Kier alpha value is 0.100. The van der Waals surface area contributed by atoms with E-state index in [1.165, 1.54) is 15.8 Å². The molecule has 1 aromatic rings. The van der Waals surface area contributed by atoms with Gasteiger partial charge in [-0.25, -0.2) is 0 Å². The summed E-state index contributed by atoms with van der Waals surface area (Å²) in [5, 5.41) is 5.76. The van der Waals surface area contributed by atoms with Gasteiger partial charge in [0.05, 0.1) is 3.79 Å². The first-order valence-electron chi connectivity index (χ1n) is 6.63. The predicted octanol–water partition coefficient (Wildman–Crippen LogP) is 3.97. The van der Waals surface area contributed by atoms with Crippen molar-refractivity contribution in [1.82, 2.24) is 10.2 Å². The molecule has 0 aliphatic carbocycles. The second kappa shape index (κ2) is 8.31. The fraction of sp³-hybridized carbons (Fsp3) is 0.714. The summed E-state index contributed by atoms with van der Waals surface area (Å²) < 4.78 is 1.22. The van der Waals surface area contributed by atoms with Gasteiger partial charge in [-0.2, -0.15) is 0 Å². The van der Waals surface area contributed by atoms with Crippen molar-refractivity contribution in [2.75, 3.05) is 20.1 Å². The standard InChI is InChI=1S/C14H25BrN2S/c1-11(2)5-6-16-8-12(3)17(4)9-13-7-14(15)18-10-13/h7,10-12,16H,5-6,8-9H2,1-4H3. The van der Waals surface area contributed by atoms with Crippen LogP contribution in [-0.2, 0) is 6.54 Å². The summed E-state index contributed by atoms with van der Waals surface area (Å²) in [5.74, 6) is 0.786. The fourth-order valence-electron chi connectivity index (χ4n) is 1.73. The van der Waals surface area contributed by atoms with Crippen molar-refractivity contribution in [2.45, 2.75) is 39.8 Å². The Kier molecular flexibility index (Phi) is 7.46. The number of thiophene rings is 1. The maximum absolute atomic E-state index is 3.54. The monoisotopic (exact) mass is 332 g/mol. The second-order valence-electron chi connectivity index (χ2n) is 5.41. The van der Waals surface area contributed by atoms with E-state index in [1.807, 2.05) is 0 Å². The molecule has 0 fully saturated rings. The Bertz CT molecular complexity index is 338. The Morgan fingerprint density at radius 3 is 2.67 bits per heavy atom. The van der Waals surface area contributed by atoms with E-state index in [0.29, 0.717) is 6.04 Å². The minimum atomic E-state index is 0.566. The lowest BCUT2D eigenvalue weighted by atomic mass is 10.1. The minimum absolute atomic E-state index is 0.566. The van der Waals surface area contributed by atoms with Gasteiger partial charge in [0.25, 0.3) is 0 Å². The van der Waals surface area contributed by atoms with Crippen molar-refractivity contribution >= 4 is 27.3 Å². The van der Waals surface area contributed by atoms with E-state index < -0.39 is 0 Å². The minimum Gasteiger partial charge on any atom is -0.315 e. The van der Waals surface area contributed by atoms with Crippen LogP contribution in [0.2, 0.25) is 0 Å². The molecule has 4 heteroatoms. The van der Waals surface area contributed by atoms with Gasteiger partial charge in [-0.1, -0.05) is 13.8 Å². The summed E-state index contributed by atoms with van der Waals surface area (Å²) in [5.41, 5.74) is 1.39. The molecule has 2 nitrogen and oxygen atoms in total. The average molecular weight is 333 g/mol. The zero-order valence-corrected chi connectivity index (χ0v) is 14.3. The van der Waals surface area contributed by atoms with Crippen LogP contribution in [0.4, 0.5) is 0 Å². The molecule has 1 rings (SSSR count). The van der Waals surface area contributed by atoms with Gasteiger partial charge >= 0.3 is 0 Å². The van der Waals surface area contributed by atoms with Gasteiger partial charge in [0.15, 0.2) is 0 Å². The molecule has 1 atom stereocenters. The number of halogens is 1. The number of likely N-dealkylation sites (N-methyl/N-ethyl adjacent to an activating group) is 1. The summed E-state index contributed by atoms with van der Waals surface area (Å²) in [7, 11) is 2.19. The Balaban J connectivity index is 2.22. The van der Waals surface area contributed by atoms with E-state index in [9.17, 15) is 0 Å². The van der Waals surface area contributed by atoms with Crippen molar-refractivity contribution in [3.63, 3.8) is 0 Å². The molecule has 0 bridgehead atoms. The second-order valence-corrected chi connectivity index (χ2v) is 7.70. The highest BCUT2D eigenvalue weighted by atomic mass is 79.9. The Labute approximate surface area is 124 Å². The van der Waals surface area contributed by atoms with Gasteiger partial charge in [0.2, 0.25) is 0 Å². The molecule has 0 aliphatic rings. The molecule has 0 spiro atoms. The zero-order chi connectivity index (χ0) is 13.5. The molecule has 0 saturated heterocycles. The molecule has 1 N–H and O–H groups in total. The third kappa shape index (κ3) is 6.32. The summed E-state index contributed by atoms with van der Waals surface area (Å²) in [6.07, 6.45) is 1.26. The van der Waals surface area contributed by atoms with E-state index in [2.05, 4.69) is 65.4 Å². The molecular formula is C14H25BrN2S. The van der Waals surface area contributed by atoms with Crippen LogP contribution in [0.1, 0.15) is 32.8 Å². The number of hydrogen-bond donors (Lipinski definition) is 1. The fourth-order valence-corrected chi connectivity index (χ4v) is 2.93. The van der Waals surface area contributed by atoms with Crippen molar-refractivity contribution in [1.29, 1.82) is 0 Å². The van der Waals surface area contributed by atoms with Crippen molar-refractivity contribution in [3.05, 3.63) is 20.8 Å². The molecule has 0 radical (unpaired) electrons. The average Bonchev–Trinajstić information content (AvgIpc) is 2.69. The smallest absolute Gasteiger partial charge is 0.0701 e. The quantitative estimate of drug-likeness (QED) is 0.724. The van der Waals surface area contributed by atoms with Gasteiger partial charge in [-0.15, -0.1) is 11.3 Å². The SMILES string of the molecule is CC(C)CCNCC(C)N(C)Cc1csc(Br)c1. The lowest BCUT2D eigenvalue weighted by molar-refractivity contribution is 0.242. The molecule has 0 aliphatic heterocycles. The topological polar surface area (TPSA) is 15.3 Å². The highest BCUT2D eigenvalue weighted by Gasteiger charge is 2.10. The first kappa shape index (κ1) is 16.2. The van der Waals surface area contributed by atoms with E-state index in [4.69, 9.17) is 0 Å². The number of rotatable bonds is 8. The molecular weight excluding hydrogens is 308 g/mol. The third-order valence-corrected chi connectivity index (χ3v) is 4.70. The number of hydrogen-bond acceptors (Lipinski definition) is 3. The molecule has 18 heavy (non-hydrogen) atoms. The maximum Gasteiger partial charge on any atom is 0.0701 e. The third-order valence-electron chi connectivity index (χ3n) is 3.14. The molecule has 0 saturated carbocycles. The van der Waals surface area contributed by atoms with Crippen LogP contribution in [0.25, 0.3) is 0 Å². The normalized spacial score (nSPS) is 13.5. The summed E-state index contributed by atoms with van der Waals surface area (Å²) in [4.78, 5) is 2.40. The van der Waals surface area contributed by atoms with Crippen molar-refractivity contribution < 1.29 is 0 Å². The Morgan fingerprint density at radius 1 is 1.39 bits per heavy atom. The Morgan fingerprint density at radius 2 is 2.11 bits per heavy atom.